The molecule has 0 aromatic heterocycles. The van der Waals surface area contributed by atoms with Crippen molar-refractivity contribution in [1.82, 2.24) is 4.90 Å². The van der Waals surface area contributed by atoms with E-state index >= 15 is 0 Å². The van der Waals surface area contributed by atoms with Gasteiger partial charge in [0.15, 0.2) is 5.78 Å². The lowest BCUT2D eigenvalue weighted by Gasteiger charge is -2.39. The molecule has 1 heterocycles. The van der Waals surface area contributed by atoms with Gasteiger partial charge in [0.1, 0.15) is 0 Å². The maximum Gasteiger partial charge on any atom is 0.159 e. The van der Waals surface area contributed by atoms with E-state index in [9.17, 15) is 4.79 Å². The Morgan fingerprint density at radius 3 is 2.15 bits per heavy atom. The molecular formula is C17H24N2O. The summed E-state index contributed by atoms with van der Waals surface area (Å²) in [5.74, 6) is 0.141. The summed E-state index contributed by atoms with van der Waals surface area (Å²) in [6.45, 7) is 6.19. The van der Waals surface area contributed by atoms with Gasteiger partial charge in [-0.2, -0.15) is 0 Å². The van der Waals surface area contributed by atoms with Gasteiger partial charge in [-0.05, 0) is 44.0 Å². The van der Waals surface area contributed by atoms with Crippen LogP contribution in [0.1, 0.15) is 43.0 Å². The first-order valence-electron chi connectivity index (χ1n) is 7.84. The molecule has 2 fully saturated rings. The highest BCUT2D eigenvalue weighted by Gasteiger charge is 2.26. The van der Waals surface area contributed by atoms with Crippen LogP contribution in [0, 0.1) is 0 Å². The van der Waals surface area contributed by atoms with Crippen molar-refractivity contribution in [3.05, 3.63) is 29.8 Å². The second-order valence-electron chi connectivity index (χ2n) is 6.06. The highest BCUT2D eigenvalue weighted by atomic mass is 16.1. The normalized spacial score (nSPS) is 21.4. The lowest BCUT2D eigenvalue weighted by atomic mass is 10.1. The van der Waals surface area contributed by atoms with Gasteiger partial charge < -0.3 is 4.90 Å². The van der Waals surface area contributed by atoms with E-state index in [1.807, 2.05) is 12.1 Å². The number of Topliss-reactive ketones (excluding diaryl/α,β-unsaturated/α-hetero) is 1. The molecule has 0 N–H and O–H groups in total. The molecule has 1 aliphatic heterocycles. The summed E-state index contributed by atoms with van der Waals surface area (Å²) in [7, 11) is 0. The lowest BCUT2D eigenvalue weighted by molar-refractivity contribution is 0.101. The molecule has 2 aliphatic rings. The second kappa shape index (κ2) is 5.96. The fourth-order valence-corrected chi connectivity index (χ4v) is 3.52. The summed E-state index contributed by atoms with van der Waals surface area (Å²) < 4.78 is 0. The number of nitrogens with zero attached hydrogens (tertiary/aromatic N) is 2. The number of benzene rings is 1. The highest BCUT2D eigenvalue weighted by Crippen LogP contribution is 2.25. The lowest BCUT2D eigenvalue weighted by Crippen LogP contribution is -2.49. The summed E-state index contributed by atoms with van der Waals surface area (Å²) in [5, 5.41) is 0. The Morgan fingerprint density at radius 1 is 1.00 bits per heavy atom. The Balaban J connectivity index is 1.58. The molecule has 0 amide bonds. The smallest absolute Gasteiger partial charge is 0.159 e. The maximum absolute atomic E-state index is 11.3. The van der Waals surface area contributed by atoms with Gasteiger partial charge >= 0.3 is 0 Å². The van der Waals surface area contributed by atoms with Crippen molar-refractivity contribution < 1.29 is 4.79 Å². The fraction of sp³-hybridized carbons (Fsp3) is 0.588. The molecule has 0 atom stereocenters. The third-order valence-corrected chi connectivity index (χ3v) is 4.79. The van der Waals surface area contributed by atoms with Crippen LogP contribution in [-0.4, -0.2) is 42.9 Å². The minimum atomic E-state index is 0.141. The molecule has 3 rings (SSSR count). The van der Waals surface area contributed by atoms with Crippen LogP contribution in [0.2, 0.25) is 0 Å². The van der Waals surface area contributed by atoms with Gasteiger partial charge in [0, 0.05) is 43.5 Å². The molecule has 1 aromatic carbocycles. The zero-order valence-corrected chi connectivity index (χ0v) is 12.3. The van der Waals surface area contributed by atoms with Gasteiger partial charge in [-0.15, -0.1) is 0 Å². The van der Waals surface area contributed by atoms with Crippen LogP contribution in [0.15, 0.2) is 24.3 Å². The van der Waals surface area contributed by atoms with Crippen LogP contribution in [0.5, 0.6) is 0 Å². The molecule has 1 aliphatic carbocycles. The number of ketones is 1. The van der Waals surface area contributed by atoms with E-state index in [2.05, 4.69) is 21.9 Å². The van der Waals surface area contributed by atoms with E-state index in [4.69, 9.17) is 0 Å². The van der Waals surface area contributed by atoms with E-state index in [1.165, 1.54) is 44.5 Å². The van der Waals surface area contributed by atoms with Crippen molar-refractivity contribution in [3.8, 4) is 0 Å². The predicted molar refractivity (Wildman–Crippen MR) is 82.5 cm³/mol. The van der Waals surface area contributed by atoms with Crippen molar-refractivity contribution in [2.75, 3.05) is 31.1 Å². The number of piperazine rings is 1. The number of hydrogen-bond donors (Lipinski definition) is 0. The molecule has 0 unspecified atom stereocenters. The minimum absolute atomic E-state index is 0.141. The quantitative estimate of drug-likeness (QED) is 0.790. The summed E-state index contributed by atoms with van der Waals surface area (Å²) in [5.41, 5.74) is 2.06. The van der Waals surface area contributed by atoms with Crippen LogP contribution < -0.4 is 4.90 Å². The Hall–Kier alpha value is -1.35. The van der Waals surface area contributed by atoms with Gasteiger partial charge in [-0.3, -0.25) is 9.69 Å². The van der Waals surface area contributed by atoms with E-state index < -0.39 is 0 Å². The highest BCUT2D eigenvalue weighted by molar-refractivity contribution is 5.94. The zero-order chi connectivity index (χ0) is 13.9. The number of carbonyl (C=O) groups is 1. The van der Waals surface area contributed by atoms with Gasteiger partial charge in [-0.1, -0.05) is 12.8 Å². The minimum Gasteiger partial charge on any atom is -0.369 e. The van der Waals surface area contributed by atoms with Crippen molar-refractivity contribution in [2.24, 2.45) is 0 Å². The first kappa shape index (κ1) is 13.6. The molecule has 1 saturated carbocycles. The van der Waals surface area contributed by atoms with Crippen molar-refractivity contribution in [2.45, 2.75) is 38.6 Å². The molecule has 108 valence electrons. The second-order valence-corrected chi connectivity index (χ2v) is 6.06. The van der Waals surface area contributed by atoms with E-state index in [0.29, 0.717) is 0 Å². The van der Waals surface area contributed by atoms with Crippen molar-refractivity contribution in [3.63, 3.8) is 0 Å². The molecule has 3 nitrogen and oxygen atoms in total. The Bertz CT molecular complexity index is 454. The summed E-state index contributed by atoms with van der Waals surface area (Å²) in [6.07, 6.45) is 5.62. The first-order chi connectivity index (χ1) is 9.74. The molecule has 20 heavy (non-hydrogen) atoms. The first-order valence-corrected chi connectivity index (χ1v) is 7.84. The molecular weight excluding hydrogens is 248 g/mol. The van der Waals surface area contributed by atoms with Gasteiger partial charge in [0.2, 0.25) is 0 Å². The topological polar surface area (TPSA) is 23.6 Å². The van der Waals surface area contributed by atoms with Crippen LogP contribution in [0.25, 0.3) is 0 Å². The largest absolute Gasteiger partial charge is 0.369 e. The van der Waals surface area contributed by atoms with E-state index in [0.717, 1.165) is 24.7 Å². The predicted octanol–water partition coefficient (Wildman–Crippen LogP) is 2.95. The zero-order valence-electron chi connectivity index (χ0n) is 12.3. The third kappa shape index (κ3) is 2.88. The van der Waals surface area contributed by atoms with Crippen molar-refractivity contribution in [1.29, 1.82) is 0 Å². The number of carbonyl (C=O) groups excluding carboxylic acids is 1. The van der Waals surface area contributed by atoms with E-state index in [-0.39, 0.29) is 5.78 Å². The Labute approximate surface area is 121 Å². The summed E-state index contributed by atoms with van der Waals surface area (Å²) >= 11 is 0. The molecule has 0 spiro atoms. The SMILES string of the molecule is CC(=O)c1ccc(N2CCN(C3CCCC3)CC2)cc1. The van der Waals surface area contributed by atoms with Crippen LogP contribution in [0.3, 0.4) is 0 Å². The maximum atomic E-state index is 11.3. The summed E-state index contributed by atoms with van der Waals surface area (Å²) in [6, 6.07) is 8.91. The molecule has 0 bridgehead atoms. The average molecular weight is 272 g/mol. The standard InChI is InChI=1S/C17H24N2O/c1-14(20)15-6-8-17(9-7-15)19-12-10-18(11-13-19)16-4-2-3-5-16/h6-9,16H,2-5,10-13H2,1H3. The van der Waals surface area contributed by atoms with Gasteiger partial charge in [0.05, 0.1) is 0 Å². The molecule has 1 aromatic rings. The molecule has 3 heteroatoms. The average Bonchev–Trinajstić information content (AvgIpc) is 3.02. The number of hydrogen-bond acceptors (Lipinski definition) is 3. The number of anilines is 1. The van der Waals surface area contributed by atoms with Crippen LogP contribution in [0.4, 0.5) is 5.69 Å². The fourth-order valence-electron chi connectivity index (χ4n) is 3.52. The Morgan fingerprint density at radius 2 is 1.60 bits per heavy atom. The Kier molecular flexibility index (Phi) is 4.06. The van der Waals surface area contributed by atoms with E-state index in [1.54, 1.807) is 6.92 Å². The van der Waals surface area contributed by atoms with Crippen LogP contribution in [-0.2, 0) is 0 Å². The number of rotatable bonds is 3. The molecule has 1 saturated heterocycles. The third-order valence-electron chi connectivity index (χ3n) is 4.79. The van der Waals surface area contributed by atoms with Crippen molar-refractivity contribution >= 4 is 11.5 Å². The molecule has 0 radical (unpaired) electrons. The monoisotopic (exact) mass is 272 g/mol. The van der Waals surface area contributed by atoms with Gasteiger partial charge in [0.25, 0.3) is 0 Å². The van der Waals surface area contributed by atoms with Gasteiger partial charge in [-0.25, -0.2) is 0 Å². The summed E-state index contributed by atoms with van der Waals surface area (Å²) in [4.78, 5) is 16.4. The van der Waals surface area contributed by atoms with Crippen LogP contribution >= 0.6 is 0 Å².